The summed E-state index contributed by atoms with van der Waals surface area (Å²) in [4.78, 5) is 2.49. The van der Waals surface area contributed by atoms with Crippen molar-refractivity contribution in [2.24, 2.45) is 0 Å². The van der Waals surface area contributed by atoms with Gasteiger partial charge in [0.15, 0.2) is 6.20 Å². The summed E-state index contributed by atoms with van der Waals surface area (Å²) in [6, 6.07) is 17.4. The summed E-state index contributed by atoms with van der Waals surface area (Å²) in [6.45, 7) is 8.99. The lowest BCUT2D eigenvalue weighted by Crippen LogP contribution is -2.36. The van der Waals surface area contributed by atoms with Gasteiger partial charge in [0.25, 0.3) is 0 Å². The molecule has 2 aromatic carbocycles. The SMILES string of the molecule is CCN(CC)CCC[n+]1cc2ccccc2c2ccccc21. The van der Waals surface area contributed by atoms with Gasteiger partial charge in [0.1, 0.15) is 6.54 Å². The molecule has 1 heterocycles. The zero-order valence-corrected chi connectivity index (χ0v) is 13.6. The molecular weight excluding hydrogens is 268 g/mol. The average Bonchev–Trinajstić information content (AvgIpc) is 2.59. The molecule has 0 aliphatic carbocycles. The van der Waals surface area contributed by atoms with E-state index in [0.29, 0.717) is 0 Å². The van der Waals surface area contributed by atoms with Crippen molar-refractivity contribution in [3.05, 3.63) is 54.7 Å². The monoisotopic (exact) mass is 293 g/mol. The maximum absolute atomic E-state index is 2.49. The van der Waals surface area contributed by atoms with E-state index in [2.05, 4.69) is 78.0 Å². The standard InChI is InChI=1S/C20H25N2/c1-3-21(4-2)14-9-15-22-16-17-10-5-6-11-18(17)19-12-7-8-13-20(19)22/h5-8,10-13,16H,3-4,9,14-15H2,1-2H3/q+1. The lowest BCUT2D eigenvalue weighted by molar-refractivity contribution is -0.670. The van der Waals surface area contributed by atoms with E-state index < -0.39 is 0 Å². The third-order valence-electron chi connectivity index (χ3n) is 4.53. The summed E-state index contributed by atoms with van der Waals surface area (Å²) in [5.41, 5.74) is 1.33. The molecule has 2 nitrogen and oxygen atoms in total. The van der Waals surface area contributed by atoms with E-state index in [1.54, 1.807) is 0 Å². The molecule has 0 saturated heterocycles. The van der Waals surface area contributed by atoms with Crippen molar-refractivity contribution in [1.29, 1.82) is 0 Å². The summed E-state index contributed by atoms with van der Waals surface area (Å²) in [5.74, 6) is 0. The third kappa shape index (κ3) is 2.97. The fourth-order valence-corrected chi connectivity index (χ4v) is 3.23. The molecule has 22 heavy (non-hydrogen) atoms. The van der Waals surface area contributed by atoms with Crippen LogP contribution in [0.1, 0.15) is 20.3 Å². The Morgan fingerprint density at radius 2 is 1.55 bits per heavy atom. The van der Waals surface area contributed by atoms with Crippen molar-refractivity contribution in [1.82, 2.24) is 4.90 Å². The van der Waals surface area contributed by atoms with E-state index in [0.717, 1.165) is 19.6 Å². The zero-order valence-electron chi connectivity index (χ0n) is 13.6. The first-order valence-corrected chi connectivity index (χ1v) is 8.35. The number of para-hydroxylation sites is 1. The highest BCUT2D eigenvalue weighted by molar-refractivity contribution is 6.03. The van der Waals surface area contributed by atoms with Crippen LogP contribution in [0.5, 0.6) is 0 Å². The summed E-state index contributed by atoms with van der Waals surface area (Å²) < 4.78 is 2.42. The quantitative estimate of drug-likeness (QED) is 0.492. The summed E-state index contributed by atoms with van der Waals surface area (Å²) >= 11 is 0. The summed E-state index contributed by atoms with van der Waals surface area (Å²) in [7, 11) is 0. The fourth-order valence-electron chi connectivity index (χ4n) is 3.23. The molecule has 0 atom stereocenters. The van der Waals surface area contributed by atoms with Gasteiger partial charge >= 0.3 is 0 Å². The van der Waals surface area contributed by atoms with Gasteiger partial charge in [0.2, 0.25) is 5.52 Å². The van der Waals surface area contributed by atoms with Gasteiger partial charge in [-0.1, -0.05) is 44.2 Å². The summed E-state index contributed by atoms with van der Waals surface area (Å²) in [5, 5.41) is 4.02. The van der Waals surface area contributed by atoms with E-state index in [-0.39, 0.29) is 0 Å². The Labute approximate surface area is 133 Å². The average molecular weight is 293 g/mol. The molecule has 114 valence electrons. The van der Waals surface area contributed by atoms with Gasteiger partial charge in [-0.3, -0.25) is 0 Å². The first kappa shape index (κ1) is 15.0. The van der Waals surface area contributed by atoms with Crippen molar-refractivity contribution >= 4 is 21.7 Å². The van der Waals surface area contributed by atoms with Crippen LogP contribution in [-0.4, -0.2) is 24.5 Å². The molecule has 0 saturated carbocycles. The molecule has 3 aromatic rings. The normalized spacial score (nSPS) is 11.6. The Hall–Kier alpha value is -1.93. The molecule has 0 N–H and O–H groups in total. The van der Waals surface area contributed by atoms with Crippen LogP contribution in [0.3, 0.4) is 0 Å². The van der Waals surface area contributed by atoms with Crippen molar-refractivity contribution in [3.8, 4) is 0 Å². The number of hydrogen-bond donors (Lipinski definition) is 0. The van der Waals surface area contributed by atoms with Gasteiger partial charge in [0.05, 0.1) is 5.39 Å². The highest BCUT2D eigenvalue weighted by atomic mass is 15.1. The van der Waals surface area contributed by atoms with Crippen molar-refractivity contribution < 1.29 is 4.57 Å². The highest BCUT2D eigenvalue weighted by Crippen LogP contribution is 2.21. The third-order valence-corrected chi connectivity index (χ3v) is 4.53. The van der Waals surface area contributed by atoms with Crippen LogP contribution in [0, 0.1) is 0 Å². The Balaban J connectivity index is 1.94. The molecular formula is C20H25N2+. The smallest absolute Gasteiger partial charge is 0.213 e. The lowest BCUT2D eigenvalue weighted by atomic mass is 10.1. The molecule has 0 unspecified atom stereocenters. The molecule has 0 radical (unpaired) electrons. The first-order chi connectivity index (χ1) is 10.8. The van der Waals surface area contributed by atoms with Gasteiger partial charge < -0.3 is 4.90 Å². The number of pyridine rings is 1. The predicted molar refractivity (Wildman–Crippen MR) is 94.1 cm³/mol. The lowest BCUT2D eigenvalue weighted by Gasteiger charge is -2.16. The topological polar surface area (TPSA) is 7.12 Å². The van der Waals surface area contributed by atoms with Crippen LogP contribution in [0.25, 0.3) is 21.7 Å². The van der Waals surface area contributed by atoms with Crippen LogP contribution in [0.15, 0.2) is 54.7 Å². The van der Waals surface area contributed by atoms with E-state index in [4.69, 9.17) is 0 Å². The predicted octanol–water partition coefficient (Wildman–Crippen LogP) is 4.01. The number of rotatable bonds is 6. The Kier molecular flexibility index (Phi) is 4.69. The zero-order chi connectivity index (χ0) is 15.4. The minimum Gasteiger partial charge on any atom is -0.304 e. The van der Waals surface area contributed by atoms with Crippen LogP contribution >= 0.6 is 0 Å². The van der Waals surface area contributed by atoms with Crippen LogP contribution in [0.4, 0.5) is 0 Å². The number of aryl methyl sites for hydroxylation is 1. The number of nitrogens with zero attached hydrogens (tertiary/aromatic N) is 2. The van der Waals surface area contributed by atoms with Crippen LogP contribution < -0.4 is 4.57 Å². The molecule has 3 rings (SSSR count). The minimum atomic E-state index is 1.07. The Morgan fingerprint density at radius 3 is 2.32 bits per heavy atom. The van der Waals surface area contributed by atoms with E-state index in [1.165, 1.54) is 34.6 Å². The Bertz CT molecular complexity index is 760. The van der Waals surface area contributed by atoms with E-state index in [9.17, 15) is 0 Å². The van der Waals surface area contributed by atoms with E-state index in [1.807, 2.05) is 0 Å². The molecule has 0 aliphatic heterocycles. The van der Waals surface area contributed by atoms with Gasteiger partial charge in [-0.05, 0) is 25.2 Å². The Morgan fingerprint density at radius 1 is 0.864 bits per heavy atom. The second-order valence-corrected chi connectivity index (χ2v) is 5.81. The molecule has 1 aromatic heterocycles. The molecule has 0 amide bonds. The molecule has 0 spiro atoms. The van der Waals surface area contributed by atoms with Gasteiger partial charge in [-0.25, -0.2) is 0 Å². The molecule has 0 aliphatic rings. The van der Waals surface area contributed by atoms with Gasteiger partial charge in [-0.15, -0.1) is 0 Å². The number of aromatic nitrogens is 1. The second kappa shape index (κ2) is 6.89. The largest absolute Gasteiger partial charge is 0.304 e. The van der Waals surface area contributed by atoms with E-state index >= 15 is 0 Å². The number of hydrogen-bond acceptors (Lipinski definition) is 1. The number of fused-ring (bicyclic) bond motifs is 3. The summed E-state index contributed by atoms with van der Waals surface area (Å²) in [6.07, 6.45) is 3.49. The minimum absolute atomic E-state index is 1.07. The van der Waals surface area contributed by atoms with Crippen LogP contribution in [0.2, 0.25) is 0 Å². The maximum atomic E-state index is 2.49. The fraction of sp³-hybridized carbons (Fsp3) is 0.350. The van der Waals surface area contributed by atoms with Crippen molar-refractivity contribution in [3.63, 3.8) is 0 Å². The molecule has 0 fully saturated rings. The first-order valence-electron chi connectivity index (χ1n) is 8.35. The second-order valence-electron chi connectivity index (χ2n) is 5.81. The molecule has 2 heteroatoms. The maximum Gasteiger partial charge on any atom is 0.213 e. The van der Waals surface area contributed by atoms with Crippen molar-refractivity contribution in [2.45, 2.75) is 26.8 Å². The van der Waals surface area contributed by atoms with Crippen LogP contribution in [-0.2, 0) is 6.54 Å². The van der Waals surface area contributed by atoms with Gasteiger partial charge in [0, 0.05) is 29.8 Å². The number of benzene rings is 2. The van der Waals surface area contributed by atoms with Gasteiger partial charge in [-0.2, -0.15) is 4.57 Å². The molecule has 0 bridgehead atoms. The van der Waals surface area contributed by atoms with Crippen molar-refractivity contribution in [2.75, 3.05) is 19.6 Å². The highest BCUT2D eigenvalue weighted by Gasteiger charge is 2.12.